The molecule has 0 spiro atoms. The largest absolute Gasteiger partial charge is 0.361 e. The zero-order chi connectivity index (χ0) is 14.3. The van der Waals surface area contributed by atoms with E-state index in [1.807, 2.05) is 13.1 Å². The zero-order valence-electron chi connectivity index (χ0n) is 12.8. The lowest BCUT2D eigenvalue weighted by Crippen LogP contribution is -2.19. The molecular formula is C16H28N2S. The van der Waals surface area contributed by atoms with Crippen molar-refractivity contribution < 1.29 is 0 Å². The molecule has 1 rings (SSSR count). The lowest BCUT2D eigenvalue weighted by molar-refractivity contribution is 0.539. The SMILES string of the molecule is CCNC(=S)/N=C\C(C)C1=C(C(C)CC)CCCC1. The van der Waals surface area contributed by atoms with Gasteiger partial charge in [-0.2, -0.15) is 0 Å². The first-order valence-electron chi connectivity index (χ1n) is 7.63. The first kappa shape index (κ1) is 16.4. The molecule has 0 aromatic rings. The molecule has 0 fully saturated rings. The Morgan fingerprint density at radius 1 is 1.26 bits per heavy atom. The molecule has 0 aromatic carbocycles. The first-order valence-corrected chi connectivity index (χ1v) is 8.04. The van der Waals surface area contributed by atoms with Gasteiger partial charge in [0.05, 0.1) is 0 Å². The van der Waals surface area contributed by atoms with Crippen LogP contribution < -0.4 is 5.32 Å². The lowest BCUT2D eigenvalue weighted by atomic mass is 9.79. The Kier molecular flexibility index (Phi) is 7.29. The van der Waals surface area contributed by atoms with Crippen LogP contribution in [0.2, 0.25) is 0 Å². The van der Waals surface area contributed by atoms with Crippen LogP contribution in [0.25, 0.3) is 0 Å². The minimum atomic E-state index is 0.418. The van der Waals surface area contributed by atoms with Gasteiger partial charge in [0.25, 0.3) is 0 Å². The van der Waals surface area contributed by atoms with E-state index >= 15 is 0 Å². The Morgan fingerprint density at radius 3 is 2.47 bits per heavy atom. The van der Waals surface area contributed by atoms with Gasteiger partial charge in [0.15, 0.2) is 5.11 Å². The second kappa shape index (κ2) is 8.47. The van der Waals surface area contributed by atoms with Crippen LogP contribution in [0.1, 0.15) is 59.8 Å². The molecule has 2 unspecified atom stereocenters. The summed E-state index contributed by atoms with van der Waals surface area (Å²) >= 11 is 5.15. The molecule has 0 saturated carbocycles. The zero-order valence-corrected chi connectivity index (χ0v) is 13.6. The van der Waals surface area contributed by atoms with Crippen LogP contribution in [0.3, 0.4) is 0 Å². The number of hydrogen-bond donors (Lipinski definition) is 1. The van der Waals surface area contributed by atoms with Crippen molar-refractivity contribution in [2.75, 3.05) is 6.54 Å². The van der Waals surface area contributed by atoms with E-state index in [1.165, 1.54) is 32.1 Å². The van der Waals surface area contributed by atoms with Gasteiger partial charge in [0, 0.05) is 18.7 Å². The average Bonchev–Trinajstić information content (AvgIpc) is 2.44. The maximum absolute atomic E-state index is 5.15. The van der Waals surface area contributed by atoms with Crippen molar-refractivity contribution in [3.63, 3.8) is 0 Å². The number of hydrogen-bond acceptors (Lipinski definition) is 1. The van der Waals surface area contributed by atoms with Gasteiger partial charge in [0.2, 0.25) is 0 Å². The summed E-state index contributed by atoms with van der Waals surface area (Å²) in [7, 11) is 0. The van der Waals surface area contributed by atoms with Crippen LogP contribution in [0.4, 0.5) is 0 Å². The van der Waals surface area contributed by atoms with Crippen LogP contribution in [0.15, 0.2) is 16.1 Å². The quantitative estimate of drug-likeness (QED) is 0.455. The molecule has 0 aromatic heterocycles. The highest BCUT2D eigenvalue weighted by Gasteiger charge is 2.20. The third kappa shape index (κ3) is 5.06. The summed E-state index contributed by atoms with van der Waals surface area (Å²) in [5.74, 6) is 1.13. The summed E-state index contributed by atoms with van der Waals surface area (Å²) in [6, 6.07) is 0. The summed E-state index contributed by atoms with van der Waals surface area (Å²) in [6.07, 6.45) is 8.45. The van der Waals surface area contributed by atoms with Crippen molar-refractivity contribution in [3.8, 4) is 0 Å². The highest BCUT2D eigenvalue weighted by Crippen LogP contribution is 2.34. The molecular weight excluding hydrogens is 252 g/mol. The molecule has 0 aliphatic heterocycles. The fourth-order valence-corrected chi connectivity index (χ4v) is 2.95. The molecule has 0 radical (unpaired) electrons. The monoisotopic (exact) mass is 280 g/mol. The van der Waals surface area contributed by atoms with Gasteiger partial charge >= 0.3 is 0 Å². The van der Waals surface area contributed by atoms with Crippen molar-refractivity contribution in [2.45, 2.75) is 59.8 Å². The summed E-state index contributed by atoms with van der Waals surface area (Å²) in [6.45, 7) is 9.76. The van der Waals surface area contributed by atoms with Crippen LogP contribution >= 0.6 is 12.2 Å². The van der Waals surface area contributed by atoms with Crippen LogP contribution in [0, 0.1) is 11.8 Å². The molecule has 3 heteroatoms. The second-order valence-corrected chi connectivity index (χ2v) is 5.86. The molecule has 19 heavy (non-hydrogen) atoms. The van der Waals surface area contributed by atoms with Crippen molar-refractivity contribution in [3.05, 3.63) is 11.1 Å². The third-order valence-electron chi connectivity index (χ3n) is 4.05. The van der Waals surface area contributed by atoms with Crippen molar-refractivity contribution in [2.24, 2.45) is 16.8 Å². The number of thiocarbonyl (C=S) groups is 1. The molecule has 1 aliphatic carbocycles. The summed E-state index contributed by atoms with van der Waals surface area (Å²) < 4.78 is 0. The van der Waals surface area contributed by atoms with Crippen LogP contribution in [0.5, 0.6) is 0 Å². The highest BCUT2D eigenvalue weighted by molar-refractivity contribution is 7.80. The molecule has 2 nitrogen and oxygen atoms in total. The first-order chi connectivity index (χ1) is 9.10. The van der Waals surface area contributed by atoms with Gasteiger partial charge in [-0.25, -0.2) is 4.99 Å². The molecule has 0 saturated heterocycles. The third-order valence-corrected chi connectivity index (χ3v) is 4.30. The number of aliphatic imine (C=N–C) groups is 1. The normalized spacial score (nSPS) is 19.6. The summed E-state index contributed by atoms with van der Waals surface area (Å²) in [5, 5.41) is 3.67. The lowest BCUT2D eigenvalue weighted by Gasteiger charge is -2.27. The smallest absolute Gasteiger partial charge is 0.192 e. The molecule has 1 N–H and O–H groups in total. The Hall–Kier alpha value is -0.700. The van der Waals surface area contributed by atoms with Crippen LogP contribution in [-0.2, 0) is 0 Å². The van der Waals surface area contributed by atoms with Gasteiger partial charge in [-0.1, -0.05) is 31.9 Å². The Bertz CT molecular complexity index is 358. The molecule has 1 aliphatic rings. The molecule has 108 valence electrons. The minimum absolute atomic E-state index is 0.418. The standard InChI is InChI=1S/C16H28N2S/c1-5-12(3)14-9-7-8-10-15(14)13(4)11-18-16(19)17-6-2/h11-13H,5-10H2,1-4H3,(H,17,19)/b18-11-. The Labute approximate surface area is 123 Å². The molecule has 0 heterocycles. The van der Waals surface area contributed by atoms with Gasteiger partial charge in [-0.15, -0.1) is 0 Å². The maximum atomic E-state index is 5.15. The second-order valence-electron chi connectivity index (χ2n) is 5.47. The van der Waals surface area contributed by atoms with Crippen LogP contribution in [-0.4, -0.2) is 17.9 Å². The van der Waals surface area contributed by atoms with E-state index in [4.69, 9.17) is 12.2 Å². The maximum Gasteiger partial charge on any atom is 0.192 e. The van der Waals surface area contributed by atoms with Gasteiger partial charge < -0.3 is 5.32 Å². The van der Waals surface area contributed by atoms with E-state index in [0.29, 0.717) is 16.9 Å². The molecule has 0 bridgehead atoms. The van der Waals surface area contributed by atoms with Crippen molar-refractivity contribution in [1.82, 2.24) is 5.32 Å². The fraction of sp³-hybridized carbons (Fsp3) is 0.750. The van der Waals surface area contributed by atoms with E-state index in [1.54, 1.807) is 11.1 Å². The topological polar surface area (TPSA) is 24.4 Å². The Balaban J connectivity index is 2.79. The van der Waals surface area contributed by atoms with Gasteiger partial charge in [-0.05, 0) is 57.2 Å². The molecule has 2 atom stereocenters. The van der Waals surface area contributed by atoms with E-state index in [2.05, 4.69) is 31.1 Å². The number of nitrogens with zero attached hydrogens (tertiary/aromatic N) is 1. The molecule has 0 amide bonds. The predicted molar refractivity (Wildman–Crippen MR) is 88.9 cm³/mol. The van der Waals surface area contributed by atoms with Crippen molar-refractivity contribution >= 4 is 23.5 Å². The Morgan fingerprint density at radius 2 is 1.89 bits per heavy atom. The van der Waals surface area contributed by atoms with Crippen molar-refractivity contribution in [1.29, 1.82) is 0 Å². The summed E-state index contributed by atoms with van der Waals surface area (Å²) in [4.78, 5) is 4.37. The van der Waals surface area contributed by atoms with E-state index in [0.717, 1.165) is 6.54 Å². The van der Waals surface area contributed by atoms with E-state index in [9.17, 15) is 0 Å². The minimum Gasteiger partial charge on any atom is -0.361 e. The number of allylic oxidation sites excluding steroid dienone is 2. The van der Waals surface area contributed by atoms with E-state index in [-0.39, 0.29) is 0 Å². The predicted octanol–water partition coefficient (Wildman–Crippen LogP) is 4.50. The van der Waals surface area contributed by atoms with E-state index < -0.39 is 0 Å². The highest BCUT2D eigenvalue weighted by atomic mass is 32.1. The average molecular weight is 280 g/mol. The summed E-state index contributed by atoms with van der Waals surface area (Å²) in [5.41, 5.74) is 3.30. The van der Waals surface area contributed by atoms with Gasteiger partial charge in [0.1, 0.15) is 0 Å². The fourth-order valence-electron chi connectivity index (χ4n) is 2.75. The van der Waals surface area contributed by atoms with Gasteiger partial charge in [-0.3, -0.25) is 0 Å². The number of nitrogens with one attached hydrogen (secondary N) is 1. The number of rotatable bonds is 5.